The van der Waals surface area contributed by atoms with E-state index in [-0.39, 0.29) is 0 Å². The van der Waals surface area contributed by atoms with Crippen LogP contribution in [0.1, 0.15) is 12.5 Å². The van der Waals surface area contributed by atoms with Gasteiger partial charge < -0.3 is 10.1 Å². The molecule has 1 aromatic carbocycles. The average molecular weight is 229 g/mol. The zero-order valence-electron chi connectivity index (χ0n) is 9.76. The van der Waals surface area contributed by atoms with Crippen LogP contribution in [0.3, 0.4) is 0 Å². The Bertz CT molecular complexity index is 442. The summed E-state index contributed by atoms with van der Waals surface area (Å²) >= 11 is 0. The minimum atomic E-state index is 0.689. The van der Waals surface area contributed by atoms with E-state index in [1.165, 1.54) is 6.33 Å². The van der Waals surface area contributed by atoms with Crippen LogP contribution >= 0.6 is 0 Å². The Morgan fingerprint density at radius 1 is 1.12 bits per heavy atom. The van der Waals surface area contributed by atoms with Crippen LogP contribution < -0.4 is 10.1 Å². The van der Waals surface area contributed by atoms with Gasteiger partial charge in [0.2, 0.25) is 0 Å². The quantitative estimate of drug-likeness (QED) is 0.855. The number of benzene rings is 1. The minimum absolute atomic E-state index is 0.689. The Balaban J connectivity index is 1.91. The molecule has 1 heterocycles. The van der Waals surface area contributed by atoms with Gasteiger partial charge in [0, 0.05) is 30.2 Å². The fourth-order valence-electron chi connectivity index (χ4n) is 1.46. The molecule has 17 heavy (non-hydrogen) atoms. The summed E-state index contributed by atoms with van der Waals surface area (Å²) in [5.41, 5.74) is 2.11. The smallest absolute Gasteiger partial charge is 0.119 e. The van der Waals surface area contributed by atoms with Gasteiger partial charge >= 0.3 is 0 Å². The topological polar surface area (TPSA) is 47.0 Å². The van der Waals surface area contributed by atoms with Crippen molar-refractivity contribution < 1.29 is 4.74 Å². The number of ether oxygens (including phenoxy) is 1. The number of rotatable bonds is 5. The maximum Gasteiger partial charge on any atom is 0.119 e. The molecule has 1 N–H and O–H groups in total. The molecule has 0 bridgehead atoms. The van der Waals surface area contributed by atoms with Crippen molar-refractivity contribution >= 4 is 5.69 Å². The van der Waals surface area contributed by atoms with Crippen LogP contribution in [0.25, 0.3) is 0 Å². The van der Waals surface area contributed by atoms with Crippen molar-refractivity contribution in [2.24, 2.45) is 0 Å². The largest absolute Gasteiger partial charge is 0.494 e. The summed E-state index contributed by atoms with van der Waals surface area (Å²) in [4.78, 5) is 7.93. The highest BCUT2D eigenvalue weighted by Gasteiger charge is 1.95. The van der Waals surface area contributed by atoms with Gasteiger partial charge in [-0.15, -0.1) is 0 Å². The Labute approximate surface area is 101 Å². The van der Waals surface area contributed by atoms with Crippen LogP contribution in [0.2, 0.25) is 0 Å². The van der Waals surface area contributed by atoms with Gasteiger partial charge in [-0.3, -0.25) is 0 Å². The summed E-state index contributed by atoms with van der Waals surface area (Å²) in [7, 11) is 0. The van der Waals surface area contributed by atoms with E-state index in [1.807, 2.05) is 31.2 Å². The third kappa shape index (κ3) is 3.45. The summed E-state index contributed by atoms with van der Waals surface area (Å²) in [5.74, 6) is 0.890. The molecule has 0 saturated heterocycles. The number of anilines is 1. The molecule has 0 aliphatic rings. The SMILES string of the molecule is CCOc1ccc(NCc2cncnc2)cc1. The molecule has 1 aromatic heterocycles. The number of aromatic nitrogens is 2. The van der Waals surface area contributed by atoms with Crippen molar-refractivity contribution in [1.82, 2.24) is 9.97 Å². The molecule has 0 aliphatic carbocycles. The third-order valence-electron chi connectivity index (χ3n) is 2.28. The summed E-state index contributed by atoms with van der Waals surface area (Å²) in [6.45, 7) is 3.38. The van der Waals surface area contributed by atoms with E-state index >= 15 is 0 Å². The summed E-state index contributed by atoms with van der Waals surface area (Å²) < 4.78 is 5.38. The van der Waals surface area contributed by atoms with Gasteiger partial charge in [0.05, 0.1) is 6.61 Å². The molecule has 0 amide bonds. The van der Waals surface area contributed by atoms with Gasteiger partial charge in [-0.2, -0.15) is 0 Å². The Kier molecular flexibility index (Phi) is 3.91. The fourth-order valence-corrected chi connectivity index (χ4v) is 1.46. The van der Waals surface area contributed by atoms with Crippen molar-refractivity contribution in [3.8, 4) is 5.75 Å². The standard InChI is InChI=1S/C13H15N3O/c1-2-17-13-5-3-12(4-6-13)16-9-11-7-14-10-15-8-11/h3-8,10,16H,2,9H2,1H3. The summed E-state index contributed by atoms with van der Waals surface area (Å²) in [6, 6.07) is 7.89. The van der Waals surface area contributed by atoms with Crippen molar-refractivity contribution in [3.05, 3.63) is 48.5 Å². The maximum absolute atomic E-state index is 5.38. The molecule has 2 aromatic rings. The molecular weight excluding hydrogens is 214 g/mol. The van der Waals surface area contributed by atoms with Gasteiger partial charge in [0.15, 0.2) is 0 Å². The van der Waals surface area contributed by atoms with Gasteiger partial charge in [-0.25, -0.2) is 9.97 Å². The highest BCUT2D eigenvalue weighted by molar-refractivity contribution is 5.46. The van der Waals surface area contributed by atoms with E-state index in [0.717, 1.165) is 23.5 Å². The van der Waals surface area contributed by atoms with E-state index in [9.17, 15) is 0 Å². The Morgan fingerprint density at radius 2 is 1.82 bits per heavy atom. The molecule has 2 rings (SSSR count). The molecule has 4 heteroatoms. The predicted octanol–water partition coefficient (Wildman–Crippen LogP) is 2.49. The lowest BCUT2D eigenvalue weighted by atomic mass is 10.3. The minimum Gasteiger partial charge on any atom is -0.494 e. The molecule has 4 nitrogen and oxygen atoms in total. The van der Waals surface area contributed by atoms with E-state index in [2.05, 4.69) is 15.3 Å². The first-order valence-electron chi connectivity index (χ1n) is 5.59. The highest BCUT2D eigenvalue weighted by atomic mass is 16.5. The molecule has 0 unspecified atom stereocenters. The molecule has 88 valence electrons. The normalized spacial score (nSPS) is 9.94. The van der Waals surface area contributed by atoms with Crippen LogP contribution in [0, 0.1) is 0 Å². The molecule has 0 atom stereocenters. The first-order valence-corrected chi connectivity index (χ1v) is 5.59. The zero-order chi connectivity index (χ0) is 11.9. The van der Waals surface area contributed by atoms with Gasteiger partial charge in [0.1, 0.15) is 12.1 Å². The van der Waals surface area contributed by atoms with E-state index in [0.29, 0.717) is 6.61 Å². The van der Waals surface area contributed by atoms with E-state index in [4.69, 9.17) is 4.74 Å². The molecule has 0 radical (unpaired) electrons. The summed E-state index contributed by atoms with van der Waals surface area (Å²) in [5, 5.41) is 3.29. The molecular formula is C13H15N3O. The molecule has 0 aliphatic heterocycles. The second kappa shape index (κ2) is 5.84. The number of nitrogens with one attached hydrogen (secondary N) is 1. The second-order valence-electron chi connectivity index (χ2n) is 3.56. The monoisotopic (exact) mass is 229 g/mol. The lowest BCUT2D eigenvalue weighted by Crippen LogP contribution is -2.00. The number of hydrogen-bond donors (Lipinski definition) is 1. The lowest BCUT2D eigenvalue weighted by molar-refractivity contribution is 0.340. The second-order valence-corrected chi connectivity index (χ2v) is 3.56. The van der Waals surface area contributed by atoms with Gasteiger partial charge in [-0.1, -0.05) is 0 Å². The molecule has 0 saturated carbocycles. The van der Waals surface area contributed by atoms with Gasteiger partial charge in [-0.05, 0) is 31.2 Å². The highest BCUT2D eigenvalue weighted by Crippen LogP contribution is 2.16. The van der Waals surface area contributed by atoms with Crippen molar-refractivity contribution in [2.45, 2.75) is 13.5 Å². The fraction of sp³-hybridized carbons (Fsp3) is 0.231. The van der Waals surface area contributed by atoms with E-state index < -0.39 is 0 Å². The average Bonchev–Trinajstić information content (AvgIpc) is 2.40. The Morgan fingerprint density at radius 3 is 2.47 bits per heavy atom. The van der Waals surface area contributed by atoms with Crippen LogP contribution in [0.4, 0.5) is 5.69 Å². The zero-order valence-corrected chi connectivity index (χ0v) is 9.76. The van der Waals surface area contributed by atoms with Crippen molar-refractivity contribution in [3.63, 3.8) is 0 Å². The van der Waals surface area contributed by atoms with Gasteiger partial charge in [0.25, 0.3) is 0 Å². The lowest BCUT2D eigenvalue weighted by Gasteiger charge is -2.07. The van der Waals surface area contributed by atoms with Crippen molar-refractivity contribution in [1.29, 1.82) is 0 Å². The predicted molar refractivity (Wildman–Crippen MR) is 67.0 cm³/mol. The van der Waals surface area contributed by atoms with Crippen LogP contribution in [-0.2, 0) is 6.54 Å². The first kappa shape index (κ1) is 11.4. The Hall–Kier alpha value is -2.10. The molecule has 0 fully saturated rings. The number of hydrogen-bond acceptors (Lipinski definition) is 4. The number of nitrogens with zero attached hydrogens (tertiary/aromatic N) is 2. The summed E-state index contributed by atoms with van der Waals surface area (Å²) in [6.07, 6.45) is 5.13. The van der Waals surface area contributed by atoms with Crippen LogP contribution in [-0.4, -0.2) is 16.6 Å². The van der Waals surface area contributed by atoms with Crippen LogP contribution in [0.15, 0.2) is 43.0 Å². The first-order chi connectivity index (χ1) is 8.38. The third-order valence-corrected chi connectivity index (χ3v) is 2.28. The maximum atomic E-state index is 5.38. The van der Waals surface area contributed by atoms with E-state index in [1.54, 1.807) is 12.4 Å². The van der Waals surface area contributed by atoms with Crippen LogP contribution in [0.5, 0.6) is 5.75 Å². The van der Waals surface area contributed by atoms with Crippen molar-refractivity contribution in [2.75, 3.05) is 11.9 Å². The molecule has 0 spiro atoms.